The van der Waals surface area contributed by atoms with Gasteiger partial charge in [0.05, 0.1) is 5.69 Å². The molecule has 0 aliphatic rings. The van der Waals surface area contributed by atoms with Gasteiger partial charge in [0.15, 0.2) is 6.61 Å². The van der Waals surface area contributed by atoms with E-state index in [9.17, 15) is 9.59 Å². The second-order valence-electron chi connectivity index (χ2n) is 7.15. The van der Waals surface area contributed by atoms with Crippen LogP contribution in [0, 0.1) is 5.92 Å². The minimum atomic E-state index is -0.579. The molecule has 1 heterocycles. The Balaban J connectivity index is 1.77. The average Bonchev–Trinajstić information content (AvgIpc) is 3.19. The quantitative estimate of drug-likeness (QED) is 0.592. The van der Waals surface area contributed by atoms with Crippen molar-refractivity contribution < 1.29 is 14.3 Å². The minimum absolute atomic E-state index is 0.310. The molecule has 0 unspecified atom stereocenters. The smallest absolute Gasteiger partial charge is 0.342 e. The van der Waals surface area contributed by atoms with Crippen LogP contribution in [0.4, 0.5) is 0 Å². The van der Waals surface area contributed by atoms with Gasteiger partial charge in [0.2, 0.25) is 0 Å². The van der Waals surface area contributed by atoms with Crippen LogP contribution in [0.2, 0.25) is 0 Å². The second-order valence-corrected chi connectivity index (χ2v) is 7.15. The van der Waals surface area contributed by atoms with Gasteiger partial charge >= 0.3 is 5.97 Å². The summed E-state index contributed by atoms with van der Waals surface area (Å²) in [4.78, 5) is 24.6. The first-order valence-electron chi connectivity index (χ1n) is 9.69. The highest BCUT2D eigenvalue weighted by atomic mass is 16.5. The van der Waals surface area contributed by atoms with E-state index in [4.69, 9.17) is 4.74 Å². The third kappa shape index (κ3) is 5.54. The number of benzene rings is 2. The summed E-state index contributed by atoms with van der Waals surface area (Å²) in [5.41, 5.74) is 2.46. The molecule has 3 rings (SSSR count). The van der Waals surface area contributed by atoms with Gasteiger partial charge in [-0.25, -0.2) is 9.48 Å². The molecule has 0 aliphatic carbocycles. The molecule has 2 aromatic carbocycles. The fourth-order valence-electron chi connectivity index (χ4n) is 2.81. The number of rotatable bonds is 8. The Morgan fingerprint density at radius 3 is 2.34 bits per heavy atom. The van der Waals surface area contributed by atoms with Crippen molar-refractivity contribution in [2.45, 2.75) is 20.3 Å². The molecule has 0 fully saturated rings. The lowest BCUT2D eigenvalue weighted by molar-refractivity contribution is -0.124. The van der Waals surface area contributed by atoms with Crippen LogP contribution >= 0.6 is 0 Å². The fourth-order valence-corrected chi connectivity index (χ4v) is 2.81. The van der Waals surface area contributed by atoms with Crippen molar-refractivity contribution in [3.63, 3.8) is 0 Å². The van der Waals surface area contributed by atoms with Crippen LogP contribution in [0.15, 0.2) is 66.9 Å². The molecule has 1 aromatic heterocycles. The van der Waals surface area contributed by atoms with E-state index >= 15 is 0 Å². The van der Waals surface area contributed by atoms with Crippen molar-refractivity contribution in [2.24, 2.45) is 5.92 Å². The maximum Gasteiger partial charge on any atom is 0.342 e. The zero-order chi connectivity index (χ0) is 20.6. The Hall–Kier alpha value is -3.41. The zero-order valence-corrected chi connectivity index (χ0v) is 16.7. The first kappa shape index (κ1) is 20.3. The van der Waals surface area contributed by atoms with Gasteiger partial charge < -0.3 is 10.1 Å². The molecule has 0 spiro atoms. The van der Waals surface area contributed by atoms with Crippen LogP contribution in [0.5, 0.6) is 0 Å². The summed E-state index contributed by atoms with van der Waals surface area (Å²) in [7, 11) is 0. The summed E-state index contributed by atoms with van der Waals surface area (Å²) in [6.07, 6.45) is 2.51. The number of ether oxygens (including phenoxy) is 1. The Bertz CT molecular complexity index is 950. The van der Waals surface area contributed by atoms with Crippen LogP contribution in [-0.4, -0.2) is 34.8 Å². The van der Waals surface area contributed by atoms with Crippen molar-refractivity contribution in [2.75, 3.05) is 13.2 Å². The summed E-state index contributed by atoms with van der Waals surface area (Å²) in [5, 5.41) is 7.34. The molecule has 3 aromatic rings. The number of aromatic nitrogens is 2. The summed E-state index contributed by atoms with van der Waals surface area (Å²) < 4.78 is 6.89. The van der Waals surface area contributed by atoms with Crippen LogP contribution in [0.25, 0.3) is 16.9 Å². The van der Waals surface area contributed by atoms with Crippen molar-refractivity contribution in [3.8, 4) is 16.9 Å². The zero-order valence-electron chi connectivity index (χ0n) is 16.7. The summed E-state index contributed by atoms with van der Waals surface area (Å²) in [5.74, 6) is -0.393. The highest BCUT2D eigenvalue weighted by Gasteiger charge is 2.20. The van der Waals surface area contributed by atoms with Crippen molar-refractivity contribution >= 4 is 11.9 Å². The number of carbonyl (C=O) groups is 2. The highest BCUT2D eigenvalue weighted by molar-refractivity contribution is 5.97. The number of para-hydroxylation sites is 1. The van der Waals surface area contributed by atoms with Crippen LogP contribution in [0.1, 0.15) is 30.6 Å². The second kappa shape index (κ2) is 9.68. The van der Waals surface area contributed by atoms with E-state index in [0.29, 0.717) is 23.7 Å². The topological polar surface area (TPSA) is 73.2 Å². The molecule has 1 N–H and O–H groups in total. The molecule has 0 atom stereocenters. The van der Waals surface area contributed by atoms with E-state index in [1.165, 1.54) is 0 Å². The van der Waals surface area contributed by atoms with E-state index in [1.54, 1.807) is 10.9 Å². The highest BCUT2D eigenvalue weighted by Crippen LogP contribution is 2.24. The molecule has 29 heavy (non-hydrogen) atoms. The van der Waals surface area contributed by atoms with Gasteiger partial charge in [-0.3, -0.25) is 4.79 Å². The molecular weight excluding hydrogens is 366 g/mol. The van der Waals surface area contributed by atoms with Crippen molar-refractivity contribution in [1.29, 1.82) is 0 Å². The maximum atomic E-state index is 12.7. The number of hydrogen-bond acceptors (Lipinski definition) is 4. The number of nitrogens with zero attached hydrogens (tertiary/aromatic N) is 2. The first-order valence-corrected chi connectivity index (χ1v) is 9.69. The fraction of sp³-hybridized carbons (Fsp3) is 0.261. The van der Waals surface area contributed by atoms with Crippen LogP contribution < -0.4 is 5.32 Å². The molecule has 150 valence electrons. The molecule has 1 amide bonds. The van der Waals surface area contributed by atoms with Gasteiger partial charge in [-0.05, 0) is 24.5 Å². The lowest BCUT2D eigenvalue weighted by Crippen LogP contribution is -2.30. The molecule has 6 nitrogen and oxygen atoms in total. The predicted octanol–water partition coefficient (Wildman–Crippen LogP) is 3.86. The van der Waals surface area contributed by atoms with Gasteiger partial charge in [0.1, 0.15) is 11.3 Å². The molecular formula is C23H25N3O3. The number of hydrogen-bond donors (Lipinski definition) is 1. The van der Waals surface area contributed by atoms with Gasteiger partial charge in [-0.1, -0.05) is 62.4 Å². The number of amides is 1. The number of nitrogens with one attached hydrogen (secondary N) is 1. The van der Waals surface area contributed by atoms with E-state index in [2.05, 4.69) is 24.3 Å². The number of esters is 1. The average molecular weight is 391 g/mol. The van der Waals surface area contributed by atoms with Crippen LogP contribution in [0.3, 0.4) is 0 Å². The molecule has 0 saturated heterocycles. The molecule has 0 saturated carbocycles. The molecule has 0 radical (unpaired) electrons. The number of carbonyl (C=O) groups excluding carboxylic acids is 2. The third-order valence-electron chi connectivity index (χ3n) is 4.38. The Morgan fingerprint density at radius 1 is 1.03 bits per heavy atom. The van der Waals surface area contributed by atoms with E-state index in [1.807, 2.05) is 60.7 Å². The van der Waals surface area contributed by atoms with Gasteiger partial charge in [0.25, 0.3) is 5.91 Å². The Morgan fingerprint density at radius 2 is 1.69 bits per heavy atom. The van der Waals surface area contributed by atoms with Gasteiger partial charge in [0, 0.05) is 18.3 Å². The van der Waals surface area contributed by atoms with E-state index in [-0.39, 0.29) is 12.5 Å². The van der Waals surface area contributed by atoms with Crippen LogP contribution in [-0.2, 0) is 9.53 Å². The lowest BCUT2D eigenvalue weighted by atomic mass is 10.1. The first-order chi connectivity index (χ1) is 14.0. The molecule has 0 bridgehead atoms. The minimum Gasteiger partial charge on any atom is -0.452 e. The van der Waals surface area contributed by atoms with Crippen molar-refractivity contribution in [1.82, 2.24) is 15.1 Å². The monoisotopic (exact) mass is 391 g/mol. The normalized spacial score (nSPS) is 10.7. The van der Waals surface area contributed by atoms with Crippen molar-refractivity contribution in [3.05, 3.63) is 72.4 Å². The largest absolute Gasteiger partial charge is 0.452 e. The van der Waals surface area contributed by atoms with Gasteiger partial charge in [-0.2, -0.15) is 5.10 Å². The van der Waals surface area contributed by atoms with Gasteiger partial charge in [-0.15, -0.1) is 0 Å². The molecule has 0 aliphatic heterocycles. The van der Waals surface area contributed by atoms with E-state index in [0.717, 1.165) is 17.7 Å². The summed E-state index contributed by atoms with van der Waals surface area (Å²) in [6, 6.07) is 19.0. The van der Waals surface area contributed by atoms with E-state index < -0.39 is 5.97 Å². The Kier molecular flexibility index (Phi) is 6.79. The summed E-state index contributed by atoms with van der Waals surface area (Å²) >= 11 is 0. The SMILES string of the molecule is CC(C)CCNC(=O)COC(=O)c1cn(-c2ccccc2)nc1-c1ccccc1. The maximum absolute atomic E-state index is 12.7. The lowest BCUT2D eigenvalue weighted by Gasteiger charge is -2.08. The molecule has 6 heteroatoms. The standard InChI is InChI=1S/C23H25N3O3/c1-17(2)13-14-24-21(27)16-29-23(28)20-15-26(19-11-7-4-8-12-19)25-22(20)18-9-5-3-6-10-18/h3-12,15,17H,13-14,16H2,1-2H3,(H,24,27). The third-order valence-corrected chi connectivity index (χ3v) is 4.38. The predicted molar refractivity (Wildman–Crippen MR) is 112 cm³/mol. The Labute approximate surface area is 170 Å². The summed E-state index contributed by atoms with van der Waals surface area (Å²) in [6.45, 7) is 4.42.